The minimum Gasteiger partial charge on any atom is -0.272 e. The third kappa shape index (κ3) is 2.09. The molecule has 1 saturated heterocycles. The SMILES string of the molecule is C=CC(F)(F)C(F)(F)SON1C(=O)C2C3CCC(C3)C2C1=O. The van der Waals surface area contributed by atoms with Crippen LogP contribution in [0.4, 0.5) is 17.6 Å². The Labute approximate surface area is 128 Å². The van der Waals surface area contributed by atoms with Crippen LogP contribution in [0, 0.1) is 23.7 Å². The van der Waals surface area contributed by atoms with Crippen LogP contribution in [0.2, 0.25) is 0 Å². The Morgan fingerprint density at radius 3 is 2.09 bits per heavy atom. The number of imide groups is 1. The van der Waals surface area contributed by atoms with Crippen LogP contribution < -0.4 is 0 Å². The Hall–Kier alpha value is -1.09. The summed E-state index contributed by atoms with van der Waals surface area (Å²) in [7, 11) is 0. The van der Waals surface area contributed by atoms with Crippen LogP contribution in [-0.4, -0.2) is 28.1 Å². The van der Waals surface area contributed by atoms with Crippen LogP contribution in [0.15, 0.2) is 12.7 Å². The number of halogens is 4. The van der Waals surface area contributed by atoms with Gasteiger partial charge < -0.3 is 0 Å². The summed E-state index contributed by atoms with van der Waals surface area (Å²) < 4.78 is 57.1. The number of amides is 2. The van der Waals surface area contributed by atoms with Crippen LogP contribution in [0.1, 0.15) is 19.3 Å². The van der Waals surface area contributed by atoms with Crippen molar-refractivity contribution in [3.63, 3.8) is 0 Å². The van der Waals surface area contributed by atoms with Crippen molar-refractivity contribution < 1.29 is 31.4 Å². The molecule has 4 unspecified atom stereocenters. The molecule has 2 aliphatic carbocycles. The molecule has 0 aromatic rings. The van der Waals surface area contributed by atoms with E-state index in [9.17, 15) is 27.2 Å². The van der Waals surface area contributed by atoms with Gasteiger partial charge in [-0.05, 0) is 37.2 Å². The minimum atomic E-state index is -4.63. The van der Waals surface area contributed by atoms with Crippen LogP contribution in [0.3, 0.4) is 0 Å². The number of fused-ring (bicyclic) bond motifs is 5. The lowest BCUT2D eigenvalue weighted by molar-refractivity contribution is -0.168. The van der Waals surface area contributed by atoms with E-state index in [4.69, 9.17) is 0 Å². The van der Waals surface area contributed by atoms with Gasteiger partial charge in [0.25, 0.3) is 11.8 Å². The van der Waals surface area contributed by atoms with E-state index in [2.05, 4.69) is 10.9 Å². The average molecular weight is 339 g/mol. The highest BCUT2D eigenvalue weighted by atomic mass is 32.2. The second kappa shape index (κ2) is 4.95. The number of hydroxylamine groups is 2. The maximum absolute atomic E-state index is 13.3. The molecule has 3 aliphatic rings. The first-order chi connectivity index (χ1) is 10.2. The maximum atomic E-state index is 13.3. The molecule has 0 N–H and O–H groups in total. The molecule has 22 heavy (non-hydrogen) atoms. The highest BCUT2D eigenvalue weighted by molar-refractivity contribution is 7.95. The van der Waals surface area contributed by atoms with E-state index in [0.29, 0.717) is 0 Å². The fraction of sp³-hybridized carbons (Fsp3) is 0.692. The van der Waals surface area contributed by atoms with E-state index >= 15 is 0 Å². The standard InChI is InChI=1S/C13H13F4NO3S/c1-2-12(14,15)13(16,17)22-21-18-10(19)8-6-3-4-7(5-6)9(8)11(18)20/h2,6-9H,1,3-5H2. The van der Waals surface area contributed by atoms with Gasteiger partial charge in [0.15, 0.2) is 0 Å². The molecule has 2 bridgehead atoms. The molecular weight excluding hydrogens is 326 g/mol. The number of carbonyl (C=O) groups excluding carboxylic acids is 2. The maximum Gasteiger partial charge on any atom is 0.386 e. The van der Waals surface area contributed by atoms with E-state index in [1.165, 1.54) is 0 Å². The average Bonchev–Trinajstić information content (AvgIpc) is 3.12. The van der Waals surface area contributed by atoms with Crippen LogP contribution >= 0.6 is 12.0 Å². The van der Waals surface area contributed by atoms with Crippen molar-refractivity contribution in [2.75, 3.05) is 0 Å². The summed E-state index contributed by atoms with van der Waals surface area (Å²) >= 11 is -0.894. The number of hydrogen-bond donors (Lipinski definition) is 0. The molecule has 0 aromatic carbocycles. The summed E-state index contributed by atoms with van der Waals surface area (Å²) in [5.41, 5.74) is 0. The number of rotatable bonds is 5. The third-order valence-corrected chi connectivity index (χ3v) is 5.45. The number of alkyl halides is 4. The number of hydrogen-bond acceptors (Lipinski definition) is 4. The Balaban J connectivity index is 1.71. The van der Waals surface area contributed by atoms with Gasteiger partial charge in [-0.2, -0.15) is 21.8 Å². The van der Waals surface area contributed by atoms with Crippen molar-refractivity contribution in [2.24, 2.45) is 23.7 Å². The first kappa shape index (κ1) is 15.8. The van der Waals surface area contributed by atoms with Gasteiger partial charge in [-0.15, -0.1) is 5.06 Å². The molecule has 9 heteroatoms. The minimum absolute atomic E-state index is 0.0557. The predicted molar refractivity (Wildman–Crippen MR) is 68.4 cm³/mol. The van der Waals surface area contributed by atoms with Gasteiger partial charge in [-0.1, -0.05) is 6.58 Å². The lowest BCUT2D eigenvalue weighted by atomic mass is 9.81. The van der Waals surface area contributed by atoms with E-state index in [1.807, 2.05) is 0 Å². The van der Waals surface area contributed by atoms with Crippen molar-refractivity contribution in [2.45, 2.75) is 30.4 Å². The topological polar surface area (TPSA) is 46.6 Å². The third-order valence-electron chi connectivity index (χ3n) is 4.75. The zero-order valence-electron chi connectivity index (χ0n) is 11.3. The molecular formula is C13H13F4NO3S. The van der Waals surface area contributed by atoms with Gasteiger partial charge in [0.2, 0.25) is 0 Å². The fourth-order valence-electron chi connectivity index (χ4n) is 3.71. The Morgan fingerprint density at radius 1 is 1.14 bits per heavy atom. The van der Waals surface area contributed by atoms with Crippen molar-refractivity contribution >= 4 is 23.9 Å². The molecule has 4 nitrogen and oxygen atoms in total. The van der Waals surface area contributed by atoms with E-state index in [0.717, 1.165) is 19.3 Å². The van der Waals surface area contributed by atoms with Gasteiger partial charge in [0.05, 0.1) is 11.8 Å². The van der Waals surface area contributed by atoms with Gasteiger partial charge in [0.1, 0.15) is 12.0 Å². The van der Waals surface area contributed by atoms with E-state index in [1.54, 1.807) is 0 Å². The second-order valence-electron chi connectivity index (χ2n) is 5.86. The molecule has 0 radical (unpaired) electrons. The van der Waals surface area contributed by atoms with Crippen LogP contribution in [0.5, 0.6) is 0 Å². The highest BCUT2D eigenvalue weighted by Crippen LogP contribution is 2.56. The van der Waals surface area contributed by atoms with Crippen LogP contribution in [-0.2, 0) is 13.9 Å². The van der Waals surface area contributed by atoms with Crippen molar-refractivity contribution in [1.29, 1.82) is 0 Å². The summed E-state index contributed by atoms with van der Waals surface area (Å²) in [5.74, 6) is -6.92. The molecule has 3 fully saturated rings. The Morgan fingerprint density at radius 2 is 1.64 bits per heavy atom. The van der Waals surface area contributed by atoms with Gasteiger partial charge in [-0.25, -0.2) is 0 Å². The van der Waals surface area contributed by atoms with Crippen LogP contribution in [0.25, 0.3) is 0 Å². The lowest BCUT2D eigenvalue weighted by Crippen LogP contribution is -2.38. The number of allylic oxidation sites excluding steroid dienone is 1. The van der Waals surface area contributed by atoms with E-state index in [-0.39, 0.29) is 23.0 Å². The normalized spacial score (nSPS) is 34.5. The smallest absolute Gasteiger partial charge is 0.272 e. The molecule has 4 atom stereocenters. The first-order valence-corrected chi connectivity index (χ1v) is 7.56. The number of carbonyl (C=O) groups is 2. The van der Waals surface area contributed by atoms with Gasteiger partial charge >= 0.3 is 11.2 Å². The van der Waals surface area contributed by atoms with Gasteiger partial charge in [-0.3, -0.25) is 9.59 Å². The van der Waals surface area contributed by atoms with Gasteiger partial charge in [0, 0.05) is 0 Å². The zero-order chi connectivity index (χ0) is 16.3. The first-order valence-electron chi connectivity index (χ1n) is 6.82. The molecule has 1 heterocycles. The lowest BCUT2D eigenvalue weighted by Gasteiger charge is -2.23. The molecule has 0 aromatic heterocycles. The fourth-order valence-corrected chi connectivity index (χ4v) is 4.22. The number of nitrogens with zero attached hydrogens (tertiary/aromatic N) is 1. The monoisotopic (exact) mass is 339 g/mol. The Kier molecular flexibility index (Phi) is 3.56. The molecule has 2 amide bonds. The molecule has 2 saturated carbocycles. The van der Waals surface area contributed by atoms with Crippen molar-refractivity contribution in [3.05, 3.63) is 12.7 Å². The Bertz CT molecular complexity index is 513. The largest absolute Gasteiger partial charge is 0.386 e. The summed E-state index contributed by atoms with van der Waals surface area (Å²) in [6, 6.07) is 0. The summed E-state index contributed by atoms with van der Waals surface area (Å²) in [4.78, 5) is 24.3. The molecule has 1 aliphatic heterocycles. The predicted octanol–water partition coefficient (Wildman–Crippen LogP) is 3.01. The van der Waals surface area contributed by atoms with E-state index < -0.39 is 46.9 Å². The van der Waals surface area contributed by atoms with Crippen molar-refractivity contribution in [1.82, 2.24) is 5.06 Å². The zero-order valence-corrected chi connectivity index (χ0v) is 12.1. The summed E-state index contributed by atoms with van der Waals surface area (Å²) in [6.45, 7) is 2.64. The summed E-state index contributed by atoms with van der Waals surface area (Å²) in [5, 5.41) is -4.40. The highest BCUT2D eigenvalue weighted by Gasteiger charge is 2.63. The molecule has 3 rings (SSSR count). The van der Waals surface area contributed by atoms with Crippen molar-refractivity contribution in [3.8, 4) is 0 Å². The molecule has 0 spiro atoms. The summed E-state index contributed by atoms with van der Waals surface area (Å²) in [6.07, 6.45) is 2.21. The molecule has 122 valence electrons. The quantitative estimate of drug-likeness (QED) is 0.334. The second-order valence-corrected chi connectivity index (χ2v) is 6.69.